The lowest BCUT2D eigenvalue weighted by atomic mass is 10.3. The summed E-state index contributed by atoms with van der Waals surface area (Å²) in [6.45, 7) is 10.5. The van der Waals surface area contributed by atoms with Crippen LogP contribution in [0.15, 0.2) is 83.6 Å². The number of hydrogen-bond acceptors (Lipinski definition) is 5. The maximum atomic E-state index is 5.63. The van der Waals surface area contributed by atoms with Crippen LogP contribution in [0.5, 0.6) is 11.5 Å². The molecular formula is C22H26O4S. The third kappa shape index (κ3) is 8.82. The highest BCUT2D eigenvalue weighted by atomic mass is 32.2. The van der Waals surface area contributed by atoms with Gasteiger partial charge in [0.2, 0.25) is 0 Å². The molecule has 0 amide bonds. The van der Waals surface area contributed by atoms with Crippen molar-refractivity contribution in [3.63, 3.8) is 0 Å². The Morgan fingerprint density at radius 2 is 1.04 bits per heavy atom. The van der Waals surface area contributed by atoms with Crippen LogP contribution < -0.4 is 9.47 Å². The molecule has 0 bridgehead atoms. The Balaban J connectivity index is 1.72. The Morgan fingerprint density at radius 3 is 1.41 bits per heavy atom. The maximum absolute atomic E-state index is 5.63. The highest BCUT2D eigenvalue weighted by Crippen LogP contribution is 2.30. The maximum Gasteiger partial charge on any atom is 0.119 e. The number of rotatable bonds is 14. The Morgan fingerprint density at radius 1 is 0.630 bits per heavy atom. The fourth-order valence-electron chi connectivity index (χ4n) is 2.11. The smallest absolute Gasteiger partial charge is 0.119 e. The molecule has 0 atom stereocenters. The zero-order chi connectivity index (χ0) is 19.2. The van der Waals surface area contributed by atoms with E-state index >= 15 is 0 Å². The summed E-state index contributed by atoms with van der Waals surface area (Å²) in [6.07, 6.45) is 3.45. The Hall–Kier alpha value is -2.21. The van der Waals surface area contributed by atoms with Gasteiger partial charge in [0.25, 0.3) is 0 Å². The molecule has 4 nitrogen and oxygen atoms in total. The van der Waals surface area contributed by atoms with Crippen molar-refractivity contribution in [2.45, 2.75) is 9.79 Å². The first-order valence-electron chi connectivity index (χ1n) is 8.82. The van der Waals surface area contributed by atoms with Crippen LogP contribution in [-0.4, -0.2) is 39.6 Å². The average molecular weight is 387 g/mol. The third-order valence-electron chi connectivity index (χ3n) is 3.35. The van der Waals surface area contributed by atoms with Crippen LogP contribution in [0.1, 0.15) is 0 Å². The van der Waals surface area contributed by atoms with E-state index in [9.17, 15) is 0 Å². The van der Waals surface area contributed by atoms with E-state index in [1.54, 1.807) is 23.9 Å². The Labute approximate surface area is 165 Å². The average Bonchev–Trinajstić information content (AvgIpc) is 2.70. The van der Waals surface area contributed by atoms with Crippen LogP contribution in [-0.2, 0) is 9.47 Å². The van der Waals surface area contributed by atoms with Gasteiger partial charge in [0.15, 0.2) is 0 Å². The van der Waals surface area contributed by atoms with E-state index in [0.717, 1.165) is 21.3 Å². The van der Waals surface area contributed by atoms with Crippen LogP contribution in [0.25, 0.3) is 0 Å². The molecule has 2 aromatic carbocycles. The quantitative estimate of drug-likeness (QED) is 0.337. The normalized spacial score (nSPS) is 10.4. The van der Waals surface area contributed by atoms with Gasteiger partial charge in [-0.25, -0.2) is 0 Å². The molecule has 2 aromatic rings. The second-order valence-corrected chi connectivity index (χ2v) is 6.62. The van der Waals surface area contributed by atoms with Crippen molar-refractivity contribution in [1.82, 2.24) is 0 Å². The lowest BCUT2D eigenvalue weighted by Gasteiger charge is -2.08. The van der Waals surface area contributed by atoms with Gasteiger partial charge >= 0.3 is 0 Å². The summed E-state index contributed by atoms with van der Waals surface area (Å²) in [5.74, 6) is 1.67. The molecule has 0 heterocycles. The van der Waals surface area contributed by atoms with Crippen molar-refractivity contribution in [2.24, 2.45) is 0 Å². The first-order chi connectivity index (χ1) is 13.3. The van der Waals surface area contributed by atoms with E-state index in [4.69, 9.17) is 18.9 Å². The standard InChI is InChI=1S/C22H26O4S/c1-3-13-23-15-17-25-19-5-9-21(10-6-19)27-22-11-7-20(8-12-22)26-18-16-24-14-4-2/h3-12H,1-2,13-18H2. The van der Waals surface area contributed by atoms with Crippen LogP contribution in [0.2, 0.25) is 0 Å². The van der Waals surface area contributed by atoms with Crippen molar-refractivity contribution in [1.29, 1.82) is 0 Å². The highest BCUT2D eigenvalue weighted by Gasteiger charge is 2.01. The summed E-state index contributed by atoms with van der Waals surface area (Å²) >= 11 is 1.69. The predicted octanol–water partition coefficient (Wildman–Crippen LogP) is 5.00. The van der Waals surface area contributed by atoms with E-state index in [0.29, 0.717) is 39.6 Å². The summed E-state index contributed by atoms with van der Waals surface area (Å²) < 4.78 is 21.9. The third-order valence-corrected chi connectivity index (χ3v) is 4.36. The van der Waals surface area contributed by atoms with Gasteiger partial charge in [-0.3, -0.25) is 0 Å². The number of ether oxygens (including phenoxy) is 4. The predicted molar refractivity (Wildman–Crippen MR) is 110 cm³/mol. The zero-order valence-electron chi connectivity index (χ0n) is 15.5. The summed E-state index contributed by atoms with van der Waals surface area (Å²) in [5.41, 5.74) is 0. The molecule has 0 N–H and O–H groups in total. The van der Waals surface area contributed by atoms with Crippen molar-refractivity contribution in [3.8, 4) is 11.5 Å². The molecule has 0 aliphatic heterocycles. The topological polar surface area (TPSA) is 36.9 Å². The molecule has 27 heavy (non-hydrogen) atoms. The van der Waals surface area contributed by atoms with Crippen LogP contribution in [0.3, 0.4) is 0 Å². The number of hydrogen-bond donors (Lipinski definition) is 0. The van der Waals surface area contributed by atoms with Crippen molar-refractivity contribution < 1.29 is 18.9 Å². The monoisotopic (exact) mass is 386 g/mol. The molecule has 0 saturated carbocycles. The molecule has 0 saturated heterocycles. The van der Waals surface area contributed by atoms with Crippen molar-refractivity contribution >= 4 is 11.8 Å². The lowest BCUT2D eigenvalue weighted by molar-refractivity contribution is 0.121. The first kappa shape index (κ1) is 21.1. The molecule has 2 rings (SSSR count). The molecule has 5 heteroatoms. The molecular weight excluding hydrogens is 360 g/mol. The zero-order valence-corrected chi connectivity index (χ0v) is 16.3. The minimum Gasteiger partial charge on any atom is -0.491 e. The van der Waals surface area contributed by atoms with E-state index in [2.05, 4.69) is 13.2 Å². The van der Waals surface area contributed by atoms with Crippen LogP contribution >= 0.6 is 11.8 Å². The van der Waals surface area contributed by atoms with Gasteiger partial charge in [-0.05, 0) is 48.5 Å². The van der Waals surface area contributed by atoms with Gasteiger partial charge in [0.05, 0.1) is 26.4 Å². The summed E-state index contributed by atoms with van der Waals surface area (Å²) in [6, 6.07) is 16.1. The van der Waals surface area contributed by atoms with Crippen molar-refractivity contribution in [2.75, 3.05) is 39.6 Å². The second-order valence-electron chi connectivity index (χ2n) is 5.47. The first-order valence-corrected chi connectivity index (χ1v) is 9.64. The Kier molecular flexibility index (Phi) is 10.2. The van der Waals surface area contributed by atoms with Gasteiger partial charge in [0.1, 0.15) is 24.7 Å². The lowest BCUT2D eigenvalue weighted by Crippen LogP contribution is -2.06. The molecule has 0 aliphatic rings. The molecule has 0 aromatic heterocycles. The van der Waals surface area contributed by atoms with Gasteiger partial charge in [-0.2, -0.15) is 0 Å². The fraction of sp³-hybridized carbons (Fsp3) is 0.273. The summed E-state index contributed by atoms with van der Waals surface area (Å²) in [7, 11) is 0. The molecule has 0 fully saturated rings. The van der Waals surface area contributed by atoms with E-state index < -0.39 is 0 Å². The molecule has 144 valence electrons. The van der Waals surface area contributed by atoms with E-state index in [1.165, 1.54) is 0 Å². The number of benzene rings is 2. The van der Waals surface area contributed by atoms with Crippen LogP contribution in [0, 0.1) is 0 Å². The van der Waals surface area contributed by atoms with Gasteiger partial charge < -0.3 is 18.9 Å². The van der Waals surface area contributed by atoms with Gasteiger partial charge in [-0.1, -0.05) is 23.9 Å². The SMILES string of the molecule is C=CCOCCOc1ccc(Sc2ccc(OCCOCC=C)cc2)cc1. The van der Waals surface area contributed by atoms with E-state index in [1.807, 2.05) is 48.5 Å². The van der Waals surface area contributed by atoms with Gasteiger partial charge in [-0.15, -0.1) is 13.2 Å². The Bertz CT molecular complexity index is 608. The van der Waals surface area contributed by atoms with Crippen molar-refractivity contribution in [3.05, 3.63) is 73.8 Å². The molecule has 0 radical (unpaired) electrons. The summed E-state index contributed by atoms with van der Waals surface area (Å²) in [5, 5.41) is 0. The minimum absolute atomic E-state index is 0.528. The highest BCUT2D eigenvalue weighted by molar-refractivity contribution is 7.99. The van der Waals surface area contributed by atoms with Crippen LogP contribution in [0.4, 0.5) is 0 Å². The summed E-state index contributed by atoms with van der Waals surface area (Å²) in [4.78, 5) is 2.30. The molecule has 0 spiro atoms. The fourth-order valence-corrected chi connectivity index (χ4v) is 2.93. The van der Waals surface area contributed by atoms with Gasteiger partial charge in [0, 0.05) is 9.79 Å². The minimum atomic E-state index is 0.528. The largest absolute Gasteiger partial charge is 0.491 e. The molecule has 0 aliphatic carbocycles. The molecule has 0 unspecified atom stereocenters. The second kappa shape index (κ2) is 13.0. The van der Waals surface area contributed by atoms with E-state index in [-0.39, 0.29) is 0 Å².